The average molecular weight is 685 g/mol. The van der Waals surface area contributed by atoms with Crippen molar-refractivity contribution in [1.82, 2.24) is 0 Å². The van der Waals surface area contributed by atoms with Crippen LogP contribution in [0.4, 0.5) is 13.2 Å². The van der Waals surface area contributed by atoms with E-state index in [1.165, 1.54) is 6.92 Å². The van der Waals surface area contributed by atoms with Crippen molar-refractivity contribution >= 4 is 35.5 Å². The topological polar surface area (TPSA) is 124 Å². The van der Waals surface area contributed by atoms with Gasteiger partial charge in [0.2, 0.25) is 0 Å². The predicted octanol–water partition coefficient (Wildman–Crippen LogP) is 5.84. The molecule has 2 aromatic rings. The van der Waals surface area contributed by atoms with Crippen LogP contribution in [0, 0.1) is 5.41 Å². The number of rotatable bonds is 11. The van der Waals surface area contributed by atoms with Gasteiger partial charge in [-0.05, 0) is 54.2 Å². The maximum Gasteiger partial charge on any atom is 0.397 e. The van der Waals surface area contributed by atoms with Gasteiger partial charge in [-0.1, -0.05) is 42.3 Å². The molecule has 47 heavy (non-hydrogen) atoms. The molecule has 14 heteroatoms. The quantitative estimate of drug-likeness (QED) is 0.211. The lowest BCUT2D eigenvalue weighted by Gasteiger charge is -2.44. The smallest absolute Gasteiger partial charge is 0.397 e. The van der Waals surface area contributed by atoms with Gasteiger partial charge in [0, 0.05) is 32.7 Å². The van der Waals surface area contributed by atoms with Crippen LogP contribution in [0.5, 0.6) is 5.75 Å². The molecule has 0 unspecified atom stereocenters. The molecule has 1 saturated heterocycles. The number of carbonyl (C=O) groups is 4. The second-order valence-corrected chi connectivity index (χ2v) is 12.1. The van der Waals surface area contributed by atoms with E-state index < -0.39 is 72.6 Å². The number of halogens is 4. The predicted molar refractivity (Wildman–Crippen MR) is 159 cm³/mol. The second-order valence-electron chi connectivity index (χ2n) is 11.7. The lowest BCUT2D eigenvalue weighted by atomic mass is 9.69. The highest BCUT2D eigenvalue weighted by atomic mass is 35.5. The third-order valence-corrected chi connectivity index (χ3v) is 8.50. The molecule has 0 aromatic heterocycles. The molecule has 0 amide bonds. The molecular formula is C33H36ClF3O10. The highest BCUT2D eigenvalue weighted by molar-refractivity contribution is 6.31. The van der Waals surface area contributed by atoms with Crippen molar-refractivity contribution in [2.45, 2.75) is 90.1 Å². The second kappa shape index (κ2) is 14.9. The molecule has 2 aromatic carbocycles. The summed E-state index contributed by atoms with van der Waals surface area (Å²) in [5.74, 6) is -2.54. The fraction of sp³-hybridized carbons (Fsp3) is 0.515. The van der Waals surface area contributed by atoms with Crippen molar-refractivity contribution in [2.75, 3.05) is 13.2 Å². The summed E-state index contributed by atoms with van der Waals surface area (Å²) in [5.41, 5.74) is 0.0393. The van der Waals surface area contributed by atoms with E-state index in [4.69, 9.17) is 40.0 Å². The normalized spacial score (nSPS) is 23.5. The van der Waals surface area contributed by atoms with Gasteiger partial charge in [0.15, 0.2) is 18.3 Å². The summed E-state index contributed by atoms with van der Waals surface area (Å²) in [6, 6.07) is 11.6. The largest absolute Gasteiger partial charge is 0.493 e. The highest BCUT2D eigenvalue weighted by Gasteiger charge is 2.59. The first-order valence-corrected chi connectivity index (χ1v) is 15.3. The fourth-order valence-corrected chi connectivity index (χ4v) is 5.85. The molecule has 0 radical (unpaired) electrons. The molecule has 0 N–H and O–H groups in total. The molecule has 1 saturated carbocycles. The van der Waals surface area contributed by atoms with Crippen LogP contribution in [0.15, 0.2) is 42.5 Å². The molecule has 0 spiro atoms. The van der Waals surface area contributed by atoms with E-state index in [1.54, 1.807) is 42.5 Å². The van der Waals surface area contributed by atoms with Crippen LogP contribution in [0.25, 0.3) is 0 Å². The summed E-state index contributed by atoms with van der Waals surface area (Å²) in [7, 11) is 0. The lowest BCUT2D eigenvalue weighted by molar-refractivity contribution is -0.259. The zero-order valence-electron chi connectivity index (χ0n) is 26.3. The molecule has 0 bridgehead atoms. The van der Waals surface area contributed by atoms with Crippen LogP contribution in [-0.4, -0.2) is 67.7 Å². The fourth-order valence-electron chi connectivity index (χ4n) is 5.66. The van der Waals surface area contributed by atoms with Crippen molar-refractivity contribution in [3.63, 3.8) is 0 Å². The molecule has 1 aliphatic carbocycles. The number of benzene rings is 2. The summed E-state index contributed by atoms with van der Waals surface area (Å²) in [4.78, 5) is 48.0. The minimum Gasteiger partial charge on any atom is -0.493 e. The van der Waals surface area contributed by atoms with E-state index >= 15 is 0 Å². The average Bonchev–Trinajstić information content (AvgIpc) is 2.94. The van der Waals surface area contributed by atoms with Gasteiger partial charge in [-0.2, -0.15) is 13.2 Å². The summed E-state index contributed by atoms with van der Waals surface area (Å²) in [6.45, 7) is 3.80. The first kappa shape index (κ1) is 36.0. The minimum absolute atomic E-state index is 0.0446. The Bertz CT molecular complexity index is 1460. The lowest BCUT2D eigenvalue weighted by Crippen LogP contribution is -2.59. The van der Waals surface area contributed by atoms with Crippen molar-refractivity contribution in [3.8, 4) is 5.75 Å². The van der Waals surface area contributed by atoms with Crippen molar-refractivity contribution < 1.29 is 60.8 Å². The van der Waals surface area contributed by atoms with Gasteiger partial charge in [0.05, 0.1) is 5.41 Å². The third-order valence-electron chi connectivity index (χ3n) is 8.13. The third kappa shape index (κ3) is 8.95. The van der Waals surface area contributed by atoms with Gasteiger partial charge in [-0.25, -0.2) is 0 Å². The molecule has 5 atom stereocenters. The Hall–Kier alpha value is -3.84. The summed E-state index contributed by atoms with van der Waals surface area (Å²) < 4.78 is 74.0. The van der Waals surface area contributed by atoms with E-state index in [9.17, 15) is 32.3 Å². The summed E-state index contributed by atoms with van der Waals surface area (Å²) in [6.07, 6.45) is -9.54. The summed E-state index contributed by atoms with van der Waals surface area (Å²) in [5, 5.41) is 0.386. The Balaban J connectivity index is 1.60. The Morgan fingerprint density at radius 2 is 1.45 bits per heavy atom. The zero-order valence-corrected chi connectivity index (χ0v) is 27.0. The van der Waals surface area contributed by atoms with Crippen LogP contribution in [0.2, 0.25) is 5.02 Å². The van der Waals surface area contributed by atoms with Crippen LogP contribution in [-0.2, 0) is 49.3 Å². The Morgan fingerprint density at radius 3 is 1.98 bits per heavy atom. The molecule has 2 fully saturated rings. The van der Waals surface area contributed by atoms with Crippen LogP contribution >= 0.6 is 11.6 Å². The number of hydrogen-bond donors (Lipinski definition) is 0. The monoisotopic (exact) mass is 684 g/mol. The standard InChI is InChI=1S/C33H36ClF3O10/c1-18(38)42-16-27-29(44-19(2)39)31(46-21(4)41)30(45-20(3)40)28(47-27)23-8-11-26(34)24(15-23)14-22-6-9-25(10-7-22)43-17-32(12-5-13-32)33(35,36)37/h6-11,15,27-31H,5,12-14,16-17H2,1-4H3/t27-,28+,29-,30+,31+/m1/s1. The molecule has 1 aliphatic heterocycles. The van der Waals surface area contributed by atoms with Gasteiger partial charge >= 0.3 is 30.1 Å². The Morgan fingerprint density at radius 1 is 0.851 bits per heavy atom. The number of esters is 4. The summed E-state index contributed by atoms with van der Waals surface area (Å²) >= 11 is 6.55. The Labute approximate surface area is 274 Å². The van der Waals surface area contributed by atoms with Crippen molar-refractivity contribution in [1.29, 1.82) is 0 Å². The molecule has 10 nitrogen and oxygen atoms in total. The molecule has 2 aliphatic rings. The maximum absolute atomic E-state index is 13.5. The van der Waals surface area contributed by atoms with Gasteiger partial charge in [-0.3, -0.25) is 19.2 Å². The van der Waals surface area contributed by atoms with Crippen LogP contribution in [0.3, 0.4) is 0 Å². The number of hydrogen-bond acceptors (Lipinski definition) is 10. The molecule has 4 rings (SSSR count). The van der Waals surface area contributed by atoms with Crippen LogP contribution in [0.1, 0.15) is 69.8 Å². The molecule has 1 heterocycles. The van der Waals surface area contributed by atoms with E-state index in [2.05, 4.69) is 0 Å². The zero-order chi connectivity index (χ0) is 34.5. The SMILES string of the molecule is CC(=O)OC[C@H]1O[C@@H](c2ccc(Cl)c(Cc3ccc(OCC4(C(F)(F)F)CCC4)cc3)c2)[C@H](OC(C)=O)[C@@H](OC(C)=O)[C@@H]1OC(C)=O. The number of alkyl halides is 3. The Kier molecular flexibility index (Phi) is 11.4. The number of carbonyl (C=O) groups excluding carboxylic acids is 4. The van der Waals surface area contributed by atoms with Gasteiger partial charge in [0.1, 0.15) is 31.2 Å². The van der Waals surface area contributed by atoms with Crippen LogP contribution < -0.4 is 4.74 Å². The van der Waals surface area contributed by atoms with E-state index in [0.29, 0.717) is 34.7 Å². The van der Waals surface area contributed by atoms with E-state index in [-0.39, 0.29) is 19.4 Å². The highest BCUT2D eigenvalue weighted by Crippen LogP contribution is 2.53. The van der Waals surface area contributed by atoms with E-state index in [1.807, 2.05) is 0 Å². The van der Waals surface area contributed by atoms with Gasteiger partial charge in [-0.15, -0.1) is 0 Å². The van der Waals surface area contributed by atoms with E-state index in [0.717, 1.165) is 26.3 Å². The first-order chi connectivity index (χ1) is 22.1. The van der Waals surface area contributed by atoms with Crippen molar-refractivity contribution in [3.05, 3.63) is 64.2 Å². The molecular weight excluding hydrogens is 649 g/mol. The minimum atomic E-state index is -4.33. The molecule has 256 valence electrons. The van der Waals surface area contributed by atoms with Crippen molar-refractivity contribution in [2.24, 2.45) is 5.41 Å². The van der Waals surface area contributed by atoms with Gasteiger partial charge < -0.3 is 28.4 Å². The first-order valence-electron chi connectivity index (χ1n) is 15.0. The van der Waals surface area contributed by atoms with Gasteiger partial charge in [0.25, 0.3) is 0 Å². The maximum atomic E-state index is 13.5. The number of ether oxygens (including phenoxy) is 6.